The van der Waals surface area contributed by atoms with Gasteiger partial charge in [-0.25, -0.2) is 22.5 Å². The lowest BCUT2D eigenvalue weighted by Crippen LogP contribution is -2.39. The summed E-state index contributed by atoms with van der Waals surface area (Å²) in [5.41, 5.74) is 3.80. The van der Waals surface area contributed by atoms with E-state index >= 15 is 0 Å². The number of thioether (sulfide) groups is 1. The number of aliphatic imine (C=N–C) groups is 1. The summed E-state index contributed by atoms with van der Waals surface area (Å²) in [7, 11) is 0. The molecular weight excluding hydrogens is 503 g/mol. The van der Waals surface area contributed by atoms with E-state index in [9.17, 15) is 35.5 Å². The number of nitrogens with zero attached hydrogens (tertiary/aromatic N) is 2. The topological polar surface area (TPSA) is 77.6 Å². The molecule has 2 heterocycles. The summed E-state index contributed by atoms with van der Waals surface area (Å²) in [4.78, 5) is 20.6. The summed E-state index contributed by atoms with van der Waals surface area (Å²) in [6.45, 7) is -0.128. The summed E-state index contributed by atoms with van der Waals surface area (Å²) in [6.07, 6.45) is -6.79. The predicted molar refractivity (Wildman–Crippen MR) is 114 cm³/mol. The number of ether oxygens (including phenoxy) is 1. The van der Waals surface area contributed by atoms with Gasteiger partial charge in [-0.15, -0.1) is 0 Å². The van der Waals surface area contributed by atoms with Gasteiger partial charge in [-0.05, 0) is 43.2 Å². The highest BCUT2D eigenvalue weighted by Gasteiger charge is 2.71. The lowest BCUT2D eigenvalue weighted by Gasteiger charge is -2.34. The number of carbonyl (C=O) groups excluding carboxylic acids is 1. The van der Waals surface area contributed by atoms with Crippen molar-refractivity contribution in [1.82, 2.24) is 4.98 Å². The van der Waals surface area contributed by atoms with Crippen molar-refractivity contribution in [2.75, 3.05) is 6.61 Å². The molecular formula is C22H18F7N3O2S. The number of amidine groups is 1. The SMILES string of the molecule is C[C@]1(c2cc(CC(=O)c3ccc(OCC(F)(F)F)cn3)cc(F)c2F)N=C(N)S[C@@]2(C(F)F)C[C@@H]12. The maximum absolute atomic E-state index is 14.8. The Morgan fingerprint density at radius 2 is 2.00 bits per heavy atom. The summed E-state index contributed by atoms with van der Waals surface area (Å²) in [6, 6.07) is 4.26. The van der Waals surface area contributed by atoms with E-state index in [4.69, 9.17) is 5.73 Å². The van der Waals surface area contributed by atoms with Crippen LogP contribution in [0, 0.1) is 17.6 Å². The number of fused-ring (bicyclic) bond motifs is 1. The van der Waals surface area contributed by atoms with Gasteiger partial charge in [0.05, 0.1) is 16.5 Å². The van der Waals surface area contributed by atoms with E-state index in [2.05, 4.69) is 14.7 Å². The van der Waals surface area contributed by atoms with Crippen LogP contribution in [0.15, 0.2) is 35.5 Å². The molecule has 1 fully saturated rings. The third kappa shape index (κ3) is 4.82. The molecule has 0 bridgehead atoms. The Morgan fingerprint density at radius 3 is 2.60 bits per heavy atom. The molecule has 1 aromatic carbocycles. The van der Waals surface area contributed by atoms with Gasteiger partial charge >= 0.3 is 6.18 Å². The number of alkyl halides is 5. The van der Waals surface area contributed by atoms with Crippen molar-refractivity contribution in [3.8, 4) is 5.75 Å². The maximum atomic E-state index is 14.8. The molecule has 2 N–H and O–H groups in total. The first-order chi connectivity index (χ1) is 16.2. The molecule has 188 valence electrons. The summed E-state index contributed by atoms with van der Waals surface area (Å²) in [5.74, 6) is -4.19. The van der Waals surface area contributed by atoms with E-state index in [1.54, 1.807) is 0 Å². The molecule has 0 spiro atoms. The highest BCUT2D eigenvalue weighted by molar-refractivity contribution is 8.15. The van der Waals surface area contributed by atoms with Crippen LogP contribution in [0.4, 0.5) is 30.7 Å². The van der Waals surface area contributed by atoms with Crippen molar-refractivity contribution in [2.24, 2.45) is 16.6 Å². The van der Waals surface area contributed by atoms with Crippen molar-refractivity contribution in [3.05, 3.63) is 58.9 Å². The fourth-order valence-electron chi connectivity index (χ4n) is 4.29. The minimum atomic E-state index is -4.54. The second-order valence-corrected chi connectivity index (χ2v) is 9.92. The Labute approximate surface area is 199 Å². The van der Waals surface area contributed by atoms with E-state index in [0.717, 1.165) is 36.2 Å². The molecule has 1 aromatic heterocycles. The Morgan fingerprint density at radius 1 is 1.29 bits per heavy atom. The van der Waals surface area contributed by atoms with Crippen molar-refractivity contribution < 1.29 is 40.3 Å². The highest BCUT2D eigenvalue weighted by Crippen LogP contribution is 2.68. The number of nitrogens with two attached hydrogens (primary N) is 1. The minimum Gasteiger partial charge on any atom is -0.483 e. The molecule has 3 atom stereocenters. The van der Waals surface area contributed by atoms with E-state index < -0.39 is 59.3 Å². The number of halogens is 7. The van der Waals surface area contributed by atoms with Crippen LogP contribution >= 0.6 is 11.8 Å². The number of aromatic nitrogens is 1. The summed E-state index contributed by atoms with van der Waals surface area (Å²) >= 11 is 0.722. The molecule has 0 saturated heterocycles. The third-order valence-corrected chi connectivity index (χ3v) is 7.37. The van der Waals surface area contributed by atoms with Gasteiger partial charge < -0.3 is 10.5 Å². The van der Waals surface area contributed by atoms with Crippen molar-refractivity contribution in [3.63, 3.8) is 0 Å². The molecule has 35 heavy (non-hydrogen) atoms. The van der Waals surface area contributed by atoms with Crippen LogP contribution in [0.1, 0.15) is 35.0 Å². The van der Waals surface area contributed by atoms with Crippen LogP contribution < -0.4 is 10.5 Å². The van der Waals surface area contributed by atoms with Gasteiger partial charge in [0.25, 0.3) is 6.43 Å². The standard InChI is InChI=1S/C22H18F7N3O2S/c1-20(16-7-21(16,18(25)26)35-19(30)32-20)12-4-10(5-13(23)17(12)24)6-15(33)14-3-2-11(8-31-14)34-9-22(27,28)29/h2-5,8,16,18H,6-7,9H2,1H3,(H2,30,32)/t16-,20+,21-/m0/s1. The van der Waals surface area contributed by atoms with E-state index in [1.807, 2.05) is 0 Å². The number of benzene rings is 1. The molecule has 13 heteroatoms. The van der Waals surface area contributed by atoms with E-state index in [-0.39, 0.29) is 34.2 Å². The van der Waals surface area contributed by atoms with Crippen molar-refractivity contribution in [1.29, 1.82) is 0 Å². The molecule has 0 amide bonds. The Kier molecular flexibility index (Phi) is 6.27. The monoisotopic (exact) mass is 521 g/mol. The molecule has 1 aliphatic heterocycles. The number of pyridine rings is 1. The van der Waals surface area contributed by atoms with Gasteiger partial charge in [-0.2, -0.15) is 13.2 Å². The lowest BCUT2D eigenvalue weighted by atomic mass is 9.84. The predicted octanol–water partition coefficient (Wildman–Crippen LogP) is 5.03. The molecule has 2 aliphatic rings. The van der Waals surface area contributed by atoms with Crippen molar-refractivity contribution >= 4 is 22.7 Å². The first-order valence-electron chi connectivity index (χ1n) is 10.2. The van der Waals surface area contributed by atoms with E-state index in [0.29, 0.717) is 0 Å². The van der Waals surface area contributed by atoms with Gasteiger partial charge in [0.1, 0.15) is 11.4 Å². The largest absolute Gasteiger partial charge is 0.483 e. The lowest BCUT2D eigenvalue weighted by molar-refractivity contribution is -0.153. The Bertz CT molecular complexity index is 1190. The molecule has 4 rings (SSSR count). The van der Waals surface area contributed by atoms with Gasteiger partial charge in [0.15, 0.2) is 29.2 Å². The van der Waals surface area contributed by atoms with Gasteiger partial charge in [0, 0.05) is 17.9 Å². The Hall–Kier alpha value is -2.83. The number of hydrogen-bond donors (Lipinski definition) is 1. The molecule has 1 aliphatic carbocycles. The maximum Gasteiger partial charge on any atom is 0.422 e. The number of hydrogen-bond acceptors (Lipinski definition) is 6. The average Bonchev–Trinajstić information content (AvgIpc) is 3.51. The first kappa shape index (κ1) is 25.3. The zero-order valence-corrected chi connectivity index (χ0v) is 18.8. The summed E-state index contributed by atoms with van der Waals surface area (Å²) in [5, 5.41) is -0.167. The zero-order chi connectivity index (χ0) is 25.8. The quantitative estimate of drug-likeness (QED) is 0.409. The fraction of sp³-hybridized carbons (Fsp3) is 0.409. The van der Waals surface area contributed by atoms with Gasteiger partial charge in [-0.1, -0.05) is 11.8 Å². The number of rotatable bonds is 7. The van der Waals surface area contributed by atoms with Crippen LogP contribution in [0.25, 0.3) is 0 Å². The second kappa shape index (κ2) is 8.68. The molecule has 2 aromatic rings. The fourth-order valence-corrected chi connectivity index (χ4v) is 5.63. The van der Waals surface area contributed by atoms with Crippen LogP contribution in [0.3, 0.4) is 0 Å². The first-order valence-corrected chi connectivity index (χ1v) is 11.1. The van der Waals surface area contributed by atoms with Crippen LogP contribution in [0.5, 0.6) is 5.75 Å². The van der Waals surface area contributed by atoms with Gasteiger partial charge in [0.2, 0.25) is 0 Å². The van der Waals surface area contributed by atoms with Crippen LogP contribution in [0.2, 0.25) is 0 Å². The summed E-state index contributed by atoms with van der Waals surface area (Å²) < 4.78 is 96.5. The number of ketones is 1. The van der Waals surface area contributed by atoms with Crippen LogP contribution in [-0.2, 0) is 12.0 Å². The normalized spacial score (nSPS) is 25.7. The Balaban J connectivity index is 1.57. The second-order valence-electron chi connectivity index (χ2n) is 8.53. The molecule has 0 radical (unpaired) electrons. The smallest absolute Gasteiger partial charge is 0.422 e. The highest BCUT2D eigenvalue weighted by atomic mass is 32.2. The third-order valence-electron chi connectivity index (χ3n) is 6.06. The van der Waals surface area contributed by atoms with Crippen LogP contribution in [-0.4, -0.2) is 39.9 Å². The number of carbonyl (C=O) groups is 1. The van der Waals surface area contributed by atoms with Gasteiger partial charge in [-0.3, -0.25) is 9.79 Å². The molecule has 5 nitrogen and oxygen atoms in total. The minimum absolute atomic E-state index is 0.00687. The number of Topliss-reactive ketones (excluding diaryl/α,β-unsaturated/α-hetero) is 1. The van der Waals surface area contributed by atoms with Crippen molar-refractivity contribution in [2.45, 2.75) is 42.7 Å². The van der Waals surface area contributed by atoms with E-state index in [1.165, 1.54) is 13.0 Å². The average molecular weight is 521 g/mol. The zero-order valence-electron chi connectivity index (χ0n) is 18.0. The molecule has 1 saturated carbocycles. The molecule has 0 unspecified atom stereocenters.